The molecule has 0 radical (unpaired) electrons. The van der Waals surface area contributed by atoms with E-state index in [9.17, 15) is 4.79 Å². The molecule has 0 atom stereocenters. The van der Waals surface area contributed by atoms with E-state index < -0.39 is 0 Å². The van der Waals surface area contributed by atoms with E-state index in [-0.39, 0.29) is 5.91 Å². The van der Waals surface area contributed by atoms with Crippen LogP contribution in [-0.2, 0) is 17.1 Å². The fourth-order valence-corrected chi connectivity index (χ4v) is 5.36. The molecule has 9 heteroatoms. The van der Waals surface area contributed by atoms with Gasteiger partial charge < -0.3 is 9.88 Å². The van der Waals surface area contributed by atoms with E-state index in [0.29, 0.717) is 11.8 Å². The fraction of sp³-hybridized carbons (Fsp3) is 0.412. The molecule has 0 saturated heterocycles. The topological polar surface area (TPSA) is 72.7 Å². The highest BCUT2D eigenvalue weighted by molar-refractivity contribution is 8.00. The van der Waals surface area contributed by atoms with Crippen LogP contribution in [0, 0.1) is 0 Å². The second-order valence-corrected chi connectivity index (χ2v) is 9.21. The first-order chi connectivity index (χ1) is 12.7. The summed E-state index contributed by atoms with van der Waals surface area (Å²) in [5, 5.41) is 12.4. The Kier molecular flexibility index (Phi) is 5.46. The maximum Gasteiger partial charge on any atom is 0.230 e. The Balaban J connectivity index is 1.38. The Hall–Kier alpha value is -1.58. The van der Waals surface area contributed by atoms with Gasteiger partial charge in [0.1, 0.15) is 5.82 Å². The standard InChI is InChI=1S/C17H19N5OS3/c1-2-22-14(9-25-17-19-12-5-3-4-6-13(12)26-17)20-21-16(22)24-10-15(23)18-11-7-8-11/h3-6,11H,2,7-10H2,1H3,(H,18,23). The lowest BCUT2D eigenvalue weighted by molar-refractivity contribution is -0.118. The second-order valence-electron chi connectivity index (χ2n) is 6.01. The fourth-order valence-electron chi connectivity index (χ4n) is 2.52. The molecule has 1 N–H and O–H groups in total. The minimum Gasteiger partial charge on any atom is -0.353 e. The van der Waals surface area contributed by atoms with Crippen LogP contribution in [0.5, 0.6) is 0 Å². The Morgan fingerprint density at radius 1 is 1.31 bits per heavy atom. The highest BCUT2D eigenvalue weighted by Gasteiger charge is 2.23. The Labute approximate surface area is 164 Å². The molecule has 136 valence electrons. The van der Waals surface area contributed by atoms with Gasteiger partial charge in [0.05, 0.1) is 21.7 Å². The monoisotopic (exact) mass is 405 g/mol. The maximum absolute atomic E-state index is 11.9. The third-order valence-electron chi connectivity index (χ3n) is 3.98. The van der Waals surface area contributed by atoms with Gasteiger partial charge in [-0.3, -0.25) is 4.79 Å². The van der Waals surface area contributed by atoms with Crippen LogP contribution in [0.15, 0.2) is 33.8 Å². The van der Waals surface area contributed by atoms with Gasteiger partial charge in [-0.05, 0) is 31.9 Å². The SMILES string of the molecule is CCn1c(CSc2nc3ccccc3s2)nnc1SCC(=O)NC1CC1. The van der Waals surface area contributed by atoms with Crippen molar-refractivity contribution < 1.29 is 4.79 Å². The van der Waals surface area contributed by atoms with Gasteiger partial charge in [-0.25, -0.2) is 4.98 Å². The molecule has 0 bridgehead atoms. The number of nitrogens with zero attached hydrogens (tertiary/aromatic N) is 4. The van der Waals surface area contributed by atoms with E-state index >= 15 is 0 Å². The van der Waals surface area contributed by atoms with Crippen molar-refractivity contribution in [2.45, 2.75) is 47.6 Å². The molecular weight excluding hydrogens is 386 g/mol. The first kappa shape index (κ1) is 17.8. The average molecular weight is 406 g/mol. The first-order valence-corrected chi connectivity index (χ1v) is 11.3. The van der Waals surface area contributed by atoms with Crippen LogP contribution in [0.2, 0.25) is 0 Å². The van der Waals surface area contributed by atoms with E-state index in [1.165, 1.54) is 16.5 Å². The summed E-state index contributed by atoms with van der Waals surface area (Å²) < 4.78 is 4.31. The van der Waals surface area contributed by atoms with Gasteiger partial charge >= 0.3 is 0 Å². The number of amides is 1. The smallest absolute Gasteiger partial charge is 0.230 e. The number of fused-ring (bicyclic) bond motifs is 1. The van der Waals surface area contributed by atoms with E-state index in [0.717, 1.165) is 46.0 Å². The van der Waals surface area contributed by atoms with E-state index in [1.807, 2.05) is 18.2 Å². The Bertz CT molecular complexity index is 885. The lowest BCUT2D eigenvalue weighted by Gasteiger charge is -2.06. The molecule has 0 aliphatic heterocycles. The predicted octanol–water partition coefficient (Wildman–Crippen LogP) is 3.57. The molecule has 4 rings (SSSR count). The largest absolute Gasteiger partial charge is 0.353 e. The van der Waals surface area contributed by atoms with E-state index in [2.05, 4.69) is 38.1 Å². The molecule has 1 saturated carbocycles. The number of rotatable bonds is 8. The number of carbonyl (C=O) groups is 1. The molecule has 1 fully saturated rings. The molecule has 0 unspecified atom stereocenters. The number of hydrogen-bond donors (Lipinski definition) is 1. The van der Waals surface area contributed by atoms with Crippen molar-refractivity contribution in [3.8, 4) is 0 Å². The normalized spacial score (nSPS) is 14.0. The average Bonchev–Trinajstić information content (AvgIpc) is 3.22. The van der Waals surface area contributed by atoms with Crippen LogP contribution in [-0.4, -0.2) is 37.5 Å². The van der Waals surface area contributed by atoms with Crippen molar-refractivity contribution in [1.29, 1.82) is 0 Å². The van der Waals surface area contributed by atoms with Crippen LogP contribution < -0.4 is 5.32 Å². The summed E-state index contributed by atoms with van der Waals surface area (Å²) in [5.74, 6) is 2.10. The molecule has 3 aromatic rings. The van der Waals surface area contributed by atoms with Crippen LogP contribution in [0.4, 0.5) is 0 Å². The van der Waals surface area contributed by atoms with Crippen molar-refractivity contribution in [2.24, 2.45) is 0 Å². The molecule has 2 aromatic heterocycles. The number of hydrogen-bond acceptors (Lipinski definition) is 7. The summed E-state index contributed by atoms with van der Waals surface area (Å²) in [4.78, 5) is 16.5. The van der Waals surface area contributed by atoms with Crippen LogP contribution >= 0.6 is 34.9 Å². The molecule has 6 nitrogen and oxygen atoms in total. The molecular formula is C17H19N5OS3. The number of carbonyl (C=O) groups excluding carboxylic acids is 1. The summed E-state index contributed by atoms with van der Waals surface area (Å²) in [6.07, 6.45) is 2.21. The number of benzene rings is 1. The summed E-state index contributed by atoms with van der Waals surface area (Å²) >= 11 is 4.83. The van der Waals surface area contributed by atoms with E-state index in [1.54, 1.807) is 23.1 Å². The highest BCUT2D eigenvalue weighted by atomic mass is 32.2. The number of aromatic nitrogens is 4. The number of para-hydroxylation sites is 1. The third-order valence-corrected chi connectivity index (χ3v) is 7.13. The lowest BCUT2D eigenvalue weighted by atomic mass is 10.3. The molecule has 0 spiro atoms. The van der Waals surface area contributed by atoms with Gasteiger partial charge in [-0.1, -0.05) is 35.7 Å². The summed E-state index contributed by atoms with van der Waals surface area (Å²) in [5.41, 5.74) is 1.04. The highest BCUT2D eigenvalue weighted by Crippen LogP contribution is 2.31. The lowest BCUT2D eigenvalue weighted by Crippen LogP contribution is -2.27. The van der Waals surface area contributed by atoms with Gasteiger partial charge in [-0.2, -0.15) is 0 Å². The van der Waals surface area contributed by atoms with Gasteiger partial charge in [0.25, 0.3) is 0 Å². The van der Waals surface area contributed by atoms with Crippen molar-refractivity contribution in [3.63, 3.8) is 0 Å². The molecule has 1 aliphatic carbocycles. The number of thioether (sulfide) groups is 2. The molecule has 1 aromatic carbocycles. The van der Waals surface area contributed by atoms with Gasteiger partial charge in [0.15, 0.2) is 9.50 Å². The van der Waals surface area contributed by atoms with Crippen LogP contribution in [0.3, 0.4) is 0 Å². The summed E-state index contributed by atoms with van der Waals surface area (Å²) in [6.45, 7) is 2.86. The quantitative estimate of drug-likeness (QED) is 0.578. The van der Waals surface area contributed by atoms with Crippen LogP contribution in [0.25, 0.3) is 10.2 Å². The summed E-state index contributed by atoms with van der Waals surface area (Å²) in [6, 6.07) is 8.56. The molecule has 2 heterocycles. The van der Waals surface area contributed by atoms with Gasteiger partial charge in [0, 0.05) is 12.6 Å². The minimum absolute atomic E-state index is 0.0774. The minimum atomic E-state index is 0.0774. The Morgan fingerprint density at radius 2 is 2.15 bits per heavy atom. The Morgan fingerprint density at radius 3 is 2.92 bits per heavy atom. The zero-order valence-electron chi connectivity index (χ0n) is 14.3. The van der Waals surface area contributed by atoms with Crippen molar-refractivity contribution >= 4 is 51.0 Å². The molecule has 26 heavy (non-hydrogen) atoms. The number of nitrogens with one attached hydrogen (secondary N) is 1. The molecule has 1 aliphatic rings. The van der Waals surface area contributed by atoms with Crippen molar-refractivity contribution in [1.82, 2.24) is 25.1 Å². The zero-order valence-corrected chi connectivity index (χ0v) is 16.8. The second kappa shape index (κ2) is 7.98. The maximum atomic E-state index is 11.9. The number of thiazole rings is 1. The van der Waals surface area contributed by atoms with Crippen molar-refractivity contribution in [3.05, 3.63) is 30.1 Å². The van der Waals surface area contributed by atoms with Gasteiger partial charge in [-0.15, -0.1) is 21.5 Å². The third kappa shape index (κ3) is 4.21. The first-order valence-electron chi connectivity index (χ1n) is 8.55. The zero-order chi connectivity index (χ0) is 17.9. The molecule has 1 amide bonds. The van der Waals surface area contributed by atoms with Gasteiger partial charge in [0.2, 0.25) is 5.91 Å². The summed E-state index contributed by atoms with van der Waals surface area (Å²) in [7, 11) is 0. The van der Waals surface area contributed by atoms with Crippen molar-refractivity contribution in [2.75, 3.05) is 5.75 Å². The van der Waals surface area contributed by atoms with E-state index in [4.69, 9.17) is 0 Å². The predicted molar refractivity (Wildman–Crippen MR) is 107 cm³/mol. The van der Waals surface area contributed by atoms with Crippen LogP contribution in [0.1, 0.15) is 25.6 Å².